The van der Waals surface area contributed by atoms with Crippen LogP contribution in [0, 0.1) is 0 Å². The third-order valence-electron chi connectivity index (χ3n) is 3.67. The number of aromatic nitrogens is 2. The molecule has 8 heteroatoms. The predicted molar refractivity (Wildman–Crippen MR) is 93.2 cm³/mol. The zero-order chi connectivity index (χ0) is 18.0. The largest absolute Gasteiger partial charge is 0.336 e. The molecule has 25 heavy (non-hydrogen) atoms. The van der Waals surface area contributed by atoms with Gasteiger partial charge >= 0.3 is 0 Å². The van der Waals surface area contributed by atoms with E-state index < -0.39 is 10.0 Å². The lowest BCUT2D eigenvalue weighted by Crippen LogP contribution is -2.26. The van der Waals surface area contributed by atoms with Gasteiger partial charge in [0.1, 0.15) is 0 Å². The molecule has 0 aliphatic rings. The summed E-state index contributed by atoms with van der Waals surface area (Å²) in [5.41, 5.74) is 2.58. The molecule has 1 heterocycles. The Hall–Kier alpha value is -2.84. The van der Waals surface area contributed by atoms with Crippen LogP contribution in [-0.2, 0) is 16.6 Å². The van der Waals surface area contributed by atoms with E-state index in [0.717, 1.165) is 11.0 Å². The standard InChI is InChI=1S/C17H16N4O3S/c1-21(11-13-10-19-15-4-2-3-5-16(15)20-13)17(22)12-6-8-14(9-7-12)25(18,23)24/h2-10H,11H2,1H3,(H2,18,23,24). The van der Waals surface area contributed by atoms with Crippen LogP contribution in [0.25, 0.3) is 11.0 Å². The van der Waals surface area contributed by atoms with Crippen LogP contribution in [-0.4, -0.2) is 36.2 Å². The maximum atomic E-state index is 12.5. The van der Waals surface area contributed by atoms with Crippen molar-refractivity contribution in [2.45, 2.75) is 11.4 Å². The molecule has 2 aromatic carbocycles. The van der Waals surface area contributed by atoms with Gasteiger partial charge in [0, 0.05) is 12.6 Å². The van der Waals surface area contributed by atoms with E-state index in [1.165, 1.54) is 29.2 Å². The van der Waals surface area contributed by atoms with Crippen LogP contribution >= 0.6 is 0 Å². The molecule has 0 fully saturated rings. The van der Waals surface area contributed by atoms with Crippen LogP contribution in [0.15, 0.2) is 59.6 Å². The molecule has 0 saturated heterocycles. The maximum absolute atomic E-state index is 12.5. The summed E-state index contributed by atoms with van der Waals surface area (Å²) in [6.07, 6.45) is 1.64. The average molecular weight is 356 g/mol. The molecule has 0 spiro atoms. The number of hydrogen-bond donors (Lipinski definition) is 1. The highest BCUT2D eigenvalue weighted by atomic mass is 32.2. The number of fused-ring (bicyclic) bond motifs is 1. The number of nitrogens with zero attached hydrogens (tertiary/aromatic N) is 3. The zero-order valence-electron chi connectivity index (χ0n) is 13.5. The van der Waals surface area contributed by atoms with Crippen LogP contribution in [0.3, 0.4) is 0 Å². The number of hydrogen-bond acceptors (Lipinski definition) is 5. The second-order valence-corrected chi connectivity index (χ2v) is 7.14. The first kappa shape index (κ1) is 17.0. The van der Waals surface area contributed by atoms with Gasteiger partial charge < -0.3 is 4.90 Å². The van der Waals surface area contributed by atoms with Gasteiger partial charge in [0.05, 0.1) is 34.4 Å². The fourth-order valence-corrected chi connectivity index (χ4v) is 2.91. The lowest BCUT2D eigenvalue weighted by atomic mass is 10.2. The average Bonchev–Trinajstić information content (AvgIpc) is 2.60. The van der Waals surface area contributed by atoms with E-state index in [-0.39, 0.29) is 17.3 Å². The summed E-state index contributed by atoms with van der Waals surface area (Å²) in [6, 6.07) is 13.0. The van der Waals surface area contributed by atoms with Gasteiger partial charge in [0.15, 0.2) is 0 Å². The lowest BCUT2D eigenvalue weighted by molar-refractivity contribution is 0.0783. The van der Waals surface area contributed by atoms with E-state index in [1.54, 1.807) is 13.2 Å². The van der Waals surface area contributed by atoms with Crippen molar-refractivity contribution < 1.29 is 13.2 Å². The van der Waals surface area contributed by atoms with Gasteiger partial charge in [-0.3, -0.25) is 9.78 Å². The van der Waals surface area contributed by atoms with Crippen LogP contribution in [0.1, 0.15) is 16.1 Å². The number of nitrogens with two attached hydrogens (primary N) is 1. The smallest absolute Gasteiger partial charge is 0.253 e. The topological polar surface area (TPSA) is 106 Å². The van der Waals surface area contributed by atoms with Crippen LogP contribution in [0.4, 0.5) is 0 Å². The molecule has 3 aromatic rings. The van der Waals surface area contributed by atoms with Gasteiger partial charge in [-0.1, -0.05) is 12.1 Å². The molecular weight excluding hydrogens is 340 g/mol. The number of benzene rings is 2. The molecule has 7 nitrogen and oxygen atoms in total. The van der Waals surface area contributed by atoms with Gasteiger partial charge in [0.2, 0.25) is 10.0 Å². The molecule has 0 saturated carbocycles. The van der Waals surface area contributed by atoms with E-state index in [0.29, 0.717) is 11.3 Å². The van der Waals surface area contributed by atoms with Crippen molar-refractivity contribution in [3.05, 3.63) is 66.0 Å². The second-order valence-electron chi connectivity index (χ2n) is 5.58. The minimum absolute atomic E-state index is 0.0351. The second kappa shape index (κ2) is 6.58. The molecule has 128 valence electrons. The fourth-order valence-electron chi connectivity index (χ4n) is 2.39. The number of carbonyl (C=O) groups is 1. The third-order valence-corrected chi connectivity index (χ3v) is 4.60. The van der Waals surface area contributed by atoms with Crippen LogP contribution < -0.4 is 5.14 Å². The number of primary sulfonamides is 1. The van der Waals surface area contributed by atoms with E-state index in [2.05, 4.69) is 9.97 Å². The van der Waals surface area contributed by atoms with Crippen molar-refractivity contribution in [2.75, 3.05) is 7.05 Å². The van der Waals surface area contributed by atoms with Crippen molar-refractivity contribution in [3.63, 3.8) is 0 Å². The van der Waals surface area contributed by atoms with Crippen molar-refractivity contribution >= 4 is 27.0 Å². The molecule has 3 rings (SSSR count). The molecule has 0 radical (unpaired) electrons. The summed E-state index contributed by atoms with van der Waals surface area (Å²) in [4.78, 5) is 22.7. The third kappa shape index (κ3) is 3.81. The summed E-state index contributed by atoms with van der Waals surface area (Å²) in [7, 11) is -2.13. The highest BCUT2D eigenvalue weighted by molar-refractivity contribution is 7.89. The van der Waals surface area contributed by atoms with Crippen molar-refractivity contribution in [1.29, 1.82) is 0 Å². The normalized spacial score (nSPS) is 11.4. The minimum Gasteiger partial charge on any atom is -0.336 e. The quantitative estimate of drug-likeness (QED) is 0.763. The molecule has 0 aliphatic heterocycles. The number of rotatable bonds is 4. The Morgan fingerprint density at radius 1 is 1.08 bits per heavy atom. The molecule has 2 N–H and O–H groups in total. The van der Waals surface area contributed by atoms with Gasteiger partial charge in [-0.15, -0.1) is 0 Å². The molecule has 1 amide bonds. The molecule has 0 bridgehead atoms. The molecule has 0 atom stereocenters. The van der Waals surface area contributed by atoms with Crippen LogP contribution in [0.2, 0.25) is 0 Å². The van der Waals surface area contributed by atoms with Crippen molar-refractivity contribution in [2.24, 2.45) is 5.14 Å². The number of carbonyl (C=O) groups excluding carboxylic acids is 1. The monoisotopic (exact) mass is 356 g/mol. The first-order valence-corrected chi connectivity index (χ1v) is 8.98. The summed E-state index contributed by atoms with van der Waals surface area (Å²) in [5, 5.41) is 5.05. The van der Waals surface area contributed by atoms with Gasteiger partial charge in [-0.2, -0.15) is 0 Å². The zero-order valence-corrected chi connectivity index (χ0v) is 14.3. The highest BCUT2D eigenvalue weighted by Crippen LogP contribution is 2.13. The van der Waals surface area contributed by atoms with E-state index in [1.807, 2.05) is 24.3 Å². The number of amides is 1. The molecule has 0 unspecified atom stereocenters. The Kier molecular flexibility index (Phi) is 4.47. The Balaban J connectivity index is 1.77. The van der Waals surface area contributed by atoms with Crippen LogP contribution in [0.5, 0.6) is 0 Å². The number of para-hydroxylation sites is 2. The van der Waals surface area contributed by atoms with E-state index in [4.69, 9.17) is 5.14 Å². The Morgan fingerprint density at radius 2 is 1.72 bits per heavy atom. The predicted octanol–water partition coefficient (Wildman–Crippen LogP) is 1.55. The Morgan fingerprint density at radius 3 is 2.36 bits per heavy atom. The summed E-state index contributed by atoms with van der Waals surface area (Å²) in [6.45, 7) is 0.285. The Bertz CT molecular complexity index is 1030. The first-order valence-electron chi connectivity index (χ1n) is 7.43. The first-order chi connectivity index (χ1) is 11.8. The van der Waals surface area contributed by atoms with E-state index >= 15 is 0 Å². The molecule has 1 aromatic heterocycles. The summed E-state index contributed by atoms with van der Waals surface area (Å²) >= 11 is 0. The van der Waals surface area contributed by atoms with Crippen molar-refractivity contribution in [1.82, 2.24) is 14.9 Å². The van der Waals surface area contributed by atoms with E-state index in [9.17, 15) is 13.2 Å². The maximum Gasteiger partial charge on any atom is 0.253 e. The van der Waals surface area contributed by atoms with Gasteiger partial charge in [-0.25, -0.2) is 18.5 Å². The summed E-state index contributed by atoms with van der Waals surface area (Å²) < 4.78 is 22.5. The lowest BCUT2D eigenvalue weighted by Gasteiger charge is -2.17. The van der Waals surface area contributed by atoms with Gasteiger partial charge in [-0.05, 0) is 36.4 Å². The number of sulfonamides is 1. The van der Waals surface area contributed by atoms with Crippen molar-refractivity contribution in [3.8, 4) is 0 Å². The van der Waals surface area contributed by atoms with Gasteiger partial charge in [0.25, 0.3) is 5.91 Å². The highest BCUT2D eigenvalue weighted by Gasteiger charge is 2.15. The SMILES string of the molecule is CN(Cc1cnc2ccccc2n1)C(=O)c1ccc(S(N)(=O)=O)cc1. The molecular formula is C17H16N4O3S. The Labute approximate surface area is 145 Å². The minimum atomic E-state index is -3.78. The molecule has 0 aliphatic carbocycles. The summed E-state index contributed by atoms with van der Waals surface area (Å²) in [5.74, 6) is -0.254. The fraction of sp³-hybridized carbons (Fsp3) is 0.118.